The van der Waals surface area contributed by atoms with Gasteiger partial charge in [0, 0.05) is 18.6 Å². The molecule has 4 nitrogen and oxygen atoms in total. The van der Waals surface area contributed by atoms with Crippen LogP contribution in [0.5, 0.6) is 0 Å². The molecule has 0 spiro atoms. The van der Waals surface area contributed by atoms with Gasteiger partial charge in [-0.3, -0.25) is 9.79 Å². The molecule has 1 aliphatic carbocycles. The molecular weight excluding hydrogens is 334 g/mol. The number of hydrogen-bond acceptors (Lipinski definition) is 4. The van der Waals surface area contributed by atoms with Crippen molar-refractivity contribution in [2.24, 2.45) is 10.9 Å². The zero-order valence-corrected chi connectivity index (χ0v) is 13.8. The molecule has 0 amide bonds. The van der Waals surface area contributed by atoms with Crippen LogP contribution in [0, 0.1) is 5.92 Å². The van der Waals surface area contributed by atoms with E-state index in [9.17, 15) is 9.59 Å². The van der Waals surface area contributed by atoms with Gasteiger partial charge in [-0.1, -0.05) is 13.0 Å². The van der Waals surface area contributed by atoms with Gasteiger partial charge in [-0.25, -0.2) is 4.79 Å². The van der Waals surface area contributed by atoms with Crippen LogP contribution < -0.4 is 0 Å². The van der Waals surface area contributed by atoms with Crippen LogP contribution >= 0.6 is 15.9 Å². The van der Waals surface area contributed by atoms with Crippen LogP contribution in [0.15, 0.2) is 27.7 Å². The number of ether oxygens (including phenoxy) is 1. The van der Waals surface area contributed by atoms with Crippen molar-refractivity contribution in [3.63, 3.8) is 0 Å². The van der Waals surface area contributed by atoms with Crippen molar-refractivity contribution >= 4 is 39.1 Å². The van der Waals surface area contributed by atoms with E-state index in [-0.39, 0.29) is 5.78 Å². The number of halogens is 1. The number of Topliss-reactive ketones (excluding diaryl/α,β-unsaturated/α-hetero) is 1. The molecule has 0 saturated heterocycles. The first-order valence-electron chi connectivity index (χ1n) is 7.02. The summed E-state index contributed by atoms with van der Waals surface area (Å²) in [5.74, 6) is 0.172. The minimum atomic E-state index is -0.407. The first-order valence-corrected chi connectivity index (χ1v) is 7.82. The molecule has 0 N–H and O–H groups in total. The molecule has 1 aromatic rings. The highest BCUT2D eigenvalue weighted by atomic mass is 79.9. The highest BCUT2D eigenvalue weighted by Gasteiger charge is 2.24. The number of ketones is 1. The Bertz CT molecular complexity index is 595. The van der Waals surface area contributed by atoms with E-state index >= 15 is 0 Å². The van der Waals surface area contributed by atoms with Gasteiger partial charge in [0.05, 0.1) is 22.8 Å². The second-order valence-electron chi connectivity index (χ2n) is 5.09. The Hall–Kier alpha value is -1.49. The van der Waals surface area contributed by atoms with E-state index in [1.807, 2.05) is 6.07 Å². The lowest BCUT2D eigenvalue weighted by atomic mass is 9.84. The first-order chi connectivity index (χ1) is 10.1. The molecule has 112 valence electrons. The average Bonchev–Trinajstić information content (AvgIpc) is 2.49. The summed E-state index contributed by atoms with van der Waals surface area (Å²) in [6.45, 7) is 2.11. The summed E-state index contributed by atoms with van der Waals surface area (Å²) in [6, 6.07) is 5.28. The normalized spacial score (nSPS) is 20.6. The number of aliphatic imine (C=N–C) groups is 1. The van der Waals surface area contributed by atoms with Gasteiger partial charge in [0.2, 0.25) is 0 Å². The Balaban J connectivity index is 2.39. The summed E-state index contributed by atoms with van der Waals surface area (Å²) in [5, 5.41) is 0. The Morgan fingerprint density at radius 1 is 1.48 bits per heavy atom. The van der Waals surface area contributed by atoms with Crippen LogP contribution in [0.1, 0.15) is 43.0 Å². The summed E-state index contributed by atoms with van der Waals surface area (Å²) < 4.78 is 5.36. The number of hydrogen-bond donors (Lipinski definition) is 0. The van der Waals surface area contributed by atoms with Crippen molar-refractivity contribution in [2.45, 2.75) is 32.6 Å². The maximum Gasteiger partial charge on any atom is 0.339 e. The molecule has 1 saturated carbocycles. The summed E-state index contributed by atoms with van der Waals surface area (Å²) in [4.78, 5) is 28.0. The average molecular weight is 352 g/mol. The minimum Gasteiger partial charge on any atom is -0.465 e. The zero-order chi connectivity index (χ0) is 15.4. The van der Waals surface area contributed by atoms with E-state index in [0.717, 1.165) is 18.6 Å². The largest absolute Gasteiger partial charge is 0.465 e. The van der Waals surface area contributed by atoms with Crippen LogP contribution in [0.4, 0.5) is 5.69 Å². The van der Waals surface area contributed by atoms with Crippen LogP contribution in [0.2, 0.25) is 0 Å². The van der Waals surface area contributed by atoms with Gasteiger partial charge in [0.1, 0.15) is 5.78 Å². The van der Waals surface area contributed by atoms with Crippen molar-refractivity contribution in [3.05, 3.63) is 28.2 Å². The third kappa shape index (κ3) is 3.59. The van der Waals surface area contributed by atoms with Crippen LogP contribution in [-0.2, 0) is 9.53 Å². The van der Waals surface area contributed by atoms with Gasteiger partial charge >= 0.3 is 5.97 Å². The number of benzene rings is 1. The van der Waals surface area contributed by atoms with E-state index in [0.29, 0.717) is 34.5 Å². The Labute approximate surface area is 132 Å². The maximum absolute atomic E-state index is 11.7. The van der Waals surface area contributed by atoms with Gasteiger partial charge in [-0.15, -0.1) is 0 Å². The highest BCUT2D eigenvalue weighted by Crippen LogP contribution is 2.32. The fourth-order valence-corrected chi connectivity index (χ4v) is 3.05. The third-order valence-electron chi connectivity index (χ3n) is 3.76. The molecule has 0 bridgehead atoms. The number of carbonyl (C=O) groups excluding carboxylic acids is 2. The fourth-order valence-electron chi connectivity index (χ4n) is 2.54. The van der Waals surface area contributed by atoms with Crippen LogP contribution in [-0.4, -0.2) is 24.6 Å². The molecule has 0 aliphatic heterocycles. The summed E-state index contributed by atoms with van der Waals surface area (Å²) in [7, 11) is 1.35. The number of nitrogens with zero attached hydrogens (tertiary/aromatic N) is 1. The van der Waals surface area contributed by atoms with Gasteiger partial charge in [0.15, 0.2) is 0 Å². The molecule has 0 heterocycles. The topological polar surface area (TPSA) is 55.7 Å². The molecule has 21 heavy (non-hydrogen) atoms. The van der Waals surface area contributed by atoms with E-state index in [4.69, 9.17) is 4.74 Å². The van der Waals surface area contributed by atoms with Crippen LogP contribution in [0.3, 0.4) is 0 Å². The summed E-state index contributed by atoms with van der Waals surface area (Å²) in [5.41, 5.74) is 2.02. The molecule has 5 heteroatoms. The zero-order valence-electron chi connectivity index (χ0n) is 12.2. The second kappa shape index (κ2) is 6.98. The number of rotatable bonds is 3. The fraction of sp³-hybridized carbons (Fsp3) is 0.438. The van der Waals surface area contributed by atoms with Crippen LogP contribution in [0.25, 0.3) is 0 Å². The molecule has 1 aromatic carbocycles. The summed E-state index contributed by atoms with van der Waals surface area (Å²) >= 11 is 3.41. The third-order valence-corrected chi connectivity index (χ3v) is 4.60. The van der Waals surface area contributed by atoms with E-state index in [1.165, 1.54) is 7.11 Å². The van der Waals surface area contributed by atoms with Crippen molar-refractivity contribution in [1.82, 2.24) is 0 Å². The predicted octanol–water partition coefficient (Wildman–Crippen LogP) is 4.09. The SMILES string of the molecule is CCC1CCC(=O)CC1=Nc1cccc(C(=O)OC)c1Br. The Morgan fingerprint density at radius 2 is 2.24 bits per heavy atom. The van der Waals surface area contributed by atoms with E-state index in [2.05, 4.69) is 27.8 Å². The molecule has 1 fully saturated rings. The lowest BCUT2D eigenvalue weighted by molar-refractivity contribution is -0.118. The van der Waals surface area contributed by atoms with E-state index in [1.54, 1.807) is 12.1 Å². The molecule has 1 aliphatic rings. The number of methoxy groups -OCH3 is 1. The highest BCUT2D eigenvalue weighted by molar-refractivity contribution is 9.10. The summed E-state index contributed by atoms with van der Waals surface area (Å²) in [6.07, 6.45) is 2.89. The van der Waals surface area contributed by atoms with Crippen molar-refractivity contribution < 1.29 is 14.3 Å². The van der Waals surface area contributed by atoms with Gasteiger partial charge in [-0.05, 0) is 46.8 Å². The standard InChI is InChI=1S/C16H18BrNO3/c1-3-10-7-8-11(19)9-14(10)18-13-6-4-5-12(15(13)17)16(20)21-2/h4-6,10H,3,7-9H2,1-2H3. The number of esters is 1. The lowest BCUT2D eigenvalue weighted by Gasteiger charge is -2.22. The second-order valence-corrected chi connectivity index (χ2v) is 5.89. The van der Waals surface area contributed by atoms with E-state index < -0.39 is 5.97 Å². The molecule has 0 aromatic heterocycles. The van der Waals surface area contributed by atoms with Crippen molar-refractivity contribution in [2.75, 3.05) is 7.11 Å². The number of carbonyl (C=O) groups is 2. The molecular formula is C16H18BrNO3. The van der Waals surface area contributed by atoms with Crippen molar-refractivity contribution in [3.8, 4) is 0 Å². The smallest absolute Gasteiger partial charge is 0.339 e. The maximum atomic E-state index is 11.7. The monoisotopic (exact) mass is 351 g/mol. The minimum absolute atomic E-state index is 0.235. The van der Waals surface area contributed by atoms with Crippen molar-refractivity contribution in [1.29, 1.82) is 0 Å². The van der Waals surface area contributed by atoms with Gasteiger partial charge in [0.25, 0.3) is 0 Å². The lowest BCUT2D eigenvalue weighted by Crippen LogP contribution is -2.24. The molecule has 2 rings (SSSR count). The predicted molar refractivity (Wildman–Crippen MR) is 85.2 cm³/mol. The molecule has 1 unspecified atom stereocenters. The van der Waals surface area contributed by atoms with Gasteiger partial charge < -0.3 is 4.74 Å². The van der Waals surface area contributed by atoms with Gasteiger partial charge in [-0.2, -0.15) is 0 Å². The molecule has 1 atom stereocenters. The Kier molecular flexibility index (Phi) is 5.28. The molecule has 0 radical (unpaired) electrons. The first kappa shape index (κ1) is 15.9. The Morgan fingerprint density at radius 3 is 2.90 bits per heavy atom. The quantitative estimate of drug-likeness (QED) is 0.770.